The summed E-state index contributed by atoms with van der Waals surface area (Å²) in [5, 5.41) is 14.9. The van der Waals surface area contributed by atoms with Gasteiger partial charge in [-0.3, -0.25) is 4.79 Å². The number of carboxylic acids is 1. The second-order valence-electron chi connectivity index (χ2n) is 7.23. The molecule has 1 rings (SSSR count). The Morgan fingerprint density at radius 2 is 1.71 bits per heavy atom. The number of urea groups is 1. The van der Waals surface area contributed by atoms with Crippen molar-refractivity contribution in [2.75, 3.05) is 6.54 Å². The van der Waals surface area contributed by atoms with Crippen LogP contribution in [0.5, 0.6) is 0 Å². The Balaban J connectivity index is 2.30. The minimum absolute atomic E-state index is 0.291. The summed E-state index contributed by atoms with van der Waals surface area (Å²) in [6.45, 7) is 7.36. The van der Waals surface area contributed by atoms with Gasteiger partial charge in [0.15, 0.2) is 0 Å². The van der Waals surface area contributed by atoms with Gasteiger partial charge in [0.25, 0.3) is 0 Å². The molecule has 2 amide bonds. The van der Waals surface area contributed by atoms with Crippen LogP contribution in [0.25, 0.3) is 0 Å². The SMILES string of the molecule is CC(C)(NC(=O)NCCCC1CCCC1)C(C)(C)C(=O)O. The average molecular weight is 298 g/mol. The van der Waals surface area contributed by atoms with Crippen LogP contribution < -0.4 is 10.6 Å². The van der Waals surface area contributed by atoms with Gasteiger partial charge in [-0.2, -0.15) is 0 Å². The van der Waals surface area contributed by atoms with E-state index in [1.54, 1.807) is 27.7 Å². The predicted octanol–water partition coefficient (Wildman–Crippen LogP) is 3.15. The van der Waals surface area contributed by atoms with Crippen molar-refractivity contribution in [3.8, 4) is 0 Å². The van der Waals surface area contributed by atoms with Gasteiger partial charge in [-0.1, -0.05) is 25.7 Å². The zero-order valence-corrected chi connectivity index (χ0v) is 13.8. The first-order chi connectivity index (χ1) is 9.67. The molecule has 0 aromatic rings. The minimum atomic E-state index is -1.03. The smallest absolute Gasteiger partial charge is 0.315 e. The molecule has 0 aromatic heterocycles. The highest BCUT2D eigenvalue weighted by Gasteiger charge is 2.44. The van der Waals surface area contributed by atoms with Crippen LogP contribution in [-0.4, -0.2) is 29.2 Å². The first-order valence-electron chi connectivity index (χ1n) is 7.96. The van der Waals surface area contributed by atoms with Gasteiger partial charge in [0.05, 0.1) is 11.0 Å². The molecule has 0 aliphatic heterocycles. The van der Waals surface area contributed by atoms with E-state index in [2.05, 4.69) is 10.6 Å². The molecule has 122 valence electrons. The summed E-state index contributed by atoms with van der Waals surface area (Å²) in [5.74, 6) is -0.0914. The van der Waals surface area contributed by atoms with Gasteiger partial charge in [0.2, 0.25) is 0 Å². The molecule has 21 heavy (non-hydrogen) atoms. The number of nitrogens with one attached hydrogen (secondary N) is 2. The van der Waals surface area contributed by atoms with Crippen LogP contribution in [-0.2, 0) is 4.79 Å². The van der Waals surface area contributed by atoms with Crippen LogP contribution in [0.15, 0.2) is 0 Å². The van der Waals surface area contributed by atoms with Crippen LogP contribution in [0.4, 0.5) is 4.79 Å². The van der Waals surface area contributed by atoms with Crippen molar-refractivity contribution in [2.24, 2.45) is 11.3 Å². The summed E-state index contributed by atoms with van der Waals surface area (Å²) in [6, 6.07) is -0.291. The van der Waals surface area contributed by atoms with Gasteiger partial charge >= 0.3 is 12.0 Å². The number of hydrogen-bond donors (Lipinski definition) is 3. The Morgan fingerprint density at radius 1 is 1.14 bits per heavy atom. The van der Waals surface area contributed by atoms with Gasteiger partial charge in [-0.15, -0.1) is 0 Å². The zero-order valence-electron chi connectivity index (χ0n) is 13.8. The number of carbonyl (C=O) groups excluding carboxylic acids is 1. The van der Waals surface area contributed by atoms with E-state index in [4.69, 9.17) is 0 Å². The molecule has 1 aliphatic rings. The third-order valence-corrected chi connectivity index (χ3v) is 5.07. The standard InChI is InChI=1S/C16H30N2O3/c1-15(2,13(19)20)16(3,4)18-14(21)17-11-7-10-12-8-5-6-9-12/h12H,5-11H2,1-4H3,(H,19,20)(H2,17,18,21). The highest BCUT2D eigenvalue weighted by Crippen LogP contribution is 2.30. The Bertz CT molecular complexity index is 372. The summed E-state index contributed by atoms with van der Waals surface area (Å²) in [6.07, 6.45) is 7.50. The van der Waals surface area contributed by atoms with E-state index in [0.717, 1.165) is 12.3 Å². The quantitative estimate of drug-likeness (QED) is 0.632. The molecule has 0 unspecified atom stereocenters. The Kier molecular flexibility index (Phi) is 6.05. The molecule has 0 saturated heterocycles. The fourth-order valence-corrected chi connectivity index (χ4v) is 2.64. The van der Waals surface area contributed by atoms with Crippen LogP contribution in [0.1, 0.15) is 66.2 Å². The van der Waals surface area contributed by atoms with Crippen molar-refractivity contribution < 1.29 is 14.7 Å². The van der Waals surface area contributed by atoms with Crippen molar-refractivity contribution in [3.05, 3.63) is 0 Å². The number of rotatable bonds is 7. The summed E-state index contributed by atoms with van der Waals surface area (Å²) in [7, 11) is 0. The summed E-state index contributed by atoms with van der Waals surface area (Å²) in [5.41, 5.74) is -1.86. The monoisotopic (exact) mass is 298 g/mol. The summed E-state index contributed by atoms with van der Waals surface area (Å²) >= 11 is 0. The topological polar surface area (TPSA) is 78.4 Å². The van der Waals surface area contributed by atoms with E-state index in [-0.39, 0.29) is 6.03 Å². The fourth-order valence-electron chi connectivity index (χ4n) is 2.64. The highest BCUT2D eigenvalue weighted by atomic mass is 16.4. The number of hydrogen-bond acceptors (Lipinski definition) is 2. The minimum Gasteiger partial charge on any atom is -0.481 e. The molecule has 5 nitrogen and oxygen atoms in total. The molecule has 0 heterocycles. The average Bonchev–Trinajstić information content (AvgIpc) is 2.86. The van der Waals surface area contributed by atoms with Crippen LogP contribution in [0.2, 0.25) is 0 Å². The molecule has 1 aliphatic carbocycles. The van der Waals surface area contributed by atoms with Gasteiger partial charge in [0, 0.05) is 6.54 Å². The van der Waals surface area contributed by atoms with E-state index in [1.807, 2.05) is 0 Å². The lowest BCUT2D eigenvalue weighted by molar-refractivity contribution is -0.150. The lowest BCUT2D eigenvalue weighted by Gasteiger charge is -2.38. The van der Waals surface area contributed by atoms with E-state index >= 15 is 0 Å². The second kappa shape index (κ2) is 7.14. The first kappa shape index (κ1) is 17.8. The van der Waals surface area contributed by atoms with Crippen molar-refractivity contribution in [1.29, 1.82) is 0 Å². The van der Waals surface area contributed by atoms with E-state index < -0.39 is 16.9 Å². The summed E-state index contributed by atoms with van der Waals surface area (Å²) < 4.78 is 0. The summed E-state index contributed by atoms with van der Waals surface area (Å²) in [4.78, 5) is 23.2. The Labute approximate surface area is 127 Å². The van der Waals surface area contributed by atoms with Crippen LogP contribution >= 0.6 is 0 Å². The number of amides is 2. The molecule has 0 bridgehead atoms. The molecular weight excluding hydrogens is 268 g/mol. The van der Waals surface area contributed by atoms with Gasteiger partial charge in [-0.05, 0) is 46.5 Å². The Hall–Kier alpha value is -1.26. The largest absolute Gasteiger partial charge is 0.481 e. The first-order valence-corrected chi connectivity index (χ1v) is 7.96. The molecule has 5 heteroatoms. The third kappa shape index (κ3) is 4.90. The van der Waals surface area contributed by atoms with Crippen LogP contribution in [0, 0.1) is 11.3 Å². The molecule has 0 spiro atoms. The van der Waals surface area contributed by atoms with Crippen molar-refractivity contribution in [1.82, 2.24) is 10.6 Å². The number of aliphatic carboxylic acids is 1. The Morgan fingerprint density at radius 3 is 2.24 bits per heavy atom. The van der Waals surface area contributed by atoms with E-state index in [9.17, 15) is 14.7 Å². The molecule has 0 atom stereocenters. The molecule has 3 N–H and O–H groups in total. The van der Waals surface area contributed by atoms with Crippen molar-refractivity contribution in [2.45, 2.75) is 71.8 Å². The number of carbonyl (C=O) groups is 2. The lowest BCUT2D eigenvalue weighted by atomic mass is 9.74. The number of carboxylic acid groups (broad SMARTS) is 1. The maximum atomic E-state index is 11.9. The fraction of sp³-hybridized carbons (Fsp3) is 0.875. The maximum absolute atomic E-state index is 11.9. The van der Waals surface area contributed by atoms with Crippen LogP contribution in [0.3, 0.4) is 0 Å². The third-order valence-electron chi connectivity index (χ3n) is 5.07. The second-order valence-corrected chi connectivity index (χ2v) is 7.23. The molecule has 1 saturated carbocycles. The zero-order chi connectivity index (χ0) is 16.1. The molecular formula is C16H30N2O3. The molecule has 0 aromatic carbocycles. The van der Waals surface area contributed by atoms with Gasteiger partial charge < -0.3 is 15.7 Å². The van der Waals surface area contributed by atoms with Crippen molar-refractivity contribution in [3.63, 3.8) is 0 Å². The molecule has 0 radical (unpaired) electrons. The normalized spacial score (nSPS) is 16.8. The van der Waals surface area contributed by atoms with Crippen molar-refractivity contribution >= 4 is 12.0 Å². The van der Waals surface area contributed by atoms with E-state index in [1.165, 1.54) is 32.1 Å². The highest BCUT2D eigenvalue weighted by molar-refractivity contribution is 5.79. The van der Waals surface area contributed by atoms with Gasteiger partial charge in [0.1, 0.15) is 0 Å². The van der Waals surface area contributed by atoms with Gasteiger partial charge in [-0.25, -0.2) is 4.79 Å². The lowest BCUT2D eigenvalue weighted by Crippen LogP contribution is -2.59. The molecule has 1 fully saturated rings. The van der Waals surface area contributed by atoms with E-state index in [0.29, 0.717) is 6.54 Å². The maximum Gasteiger partial charge on any atom is 0.315 e. The predicted molar refractivity (Wildman–Crippen MR) is 83.2 cm³/mol.